The molecule has 1 amide bonds. The van der Waals surface area contributed by atoms with Gasteiger partial charge in [-0.2, -0.15) is 4.31 Å². The number of carbonyl (C=O) groups excluding carboxylic acids is 1. The normalized spacial score (nSPS) is 18.8. The zero-order chi connectivity index (χ0) is 17.7. The molecule has 0 saturated carbocycles. The van der Waals surface area contributed by atoms with E-state index in [0.717, 1.165) is 19.3 Å². The Hall–Kier alpha value is -1.44. The van der Waals surface area contributed by atoms with Crippen molar-refractivity contribution in [2.45, 2.75) is 50.6 Å². The van der Waals surface area contributed by atoms with E-state index in [1.807, 2.05) is 0 Å². The molecule has 2 rings (SSSR count). The molecule has 2 atom stereocenters. The summed E-state index contributed by atoms with van der Waals surface area (Å²) < 4.78 is 27.3. The van der Waals surface area contributed by atoms with Crippen molar-refractivity contribution in [3.63, 3.8) is 0 Å². The second-order valence-electron chi connectivity index (χ2n) is 6.44. The van der Waals surface area contributed by atoms with Crippen LogP contribution < -0.4 is 11.1 Å². The van der Waals surface area contributed by atoms with E-state index >= 15 is 0 Å². The predicted molar refractivity (Wildman–Crippen MR) is 93.7 cm³/mol. The summed E-state index contributed by atoms with van der Waals surface area (Å²) in [5, 5.41) is 2.79. The second-order valence-corrected chi connectivity index (χ2v) is 8.34. The molecule has 1 heterocycles. The predicted octanol–water partition coefficient (Wildman–Crippen LogP) is 1.46. The van der Waals surface area contributed by atoms with Crippen LogP contribution in [0.2, 0.25) is 0 Å². The Labute approximate surface area is 144 Å². The molecule has 0 bridgehead atoms. The Morgan fingerprint density at radius 2 is 1.83 bits per heavy atom. The van der Waals surface area contributed by atoms with Crippen LogP contribution in [-0.2, 0) is 21.4 Å². The molecule has 0 aliphatic carbocycles. The molecular weight excluding hydrogens is 326 g/mol. The van der Waals surface area contributed by atoms with Gasteiger partial charge in [0.2, 0.25) is 15.9 Å². The van der Waals surface area contributed by atoms with Crippen LogP contribution in [0.15, 0.2) is 29.2 Å². The highest BCUT2D eigenvalue weighted by atomic mass is 32.2. The van der Waals surface area contributed by atoms with Crippen LogP contribution >= 0.6 is 0 Å². The van der Waals surface area contributed by atoms with Crippen molar-refractivity contribution in [1.82, 2.24) is 9.62 Å². The van der Waals surface area contributed by atoms with Crippen LogP contribution in [0.3, 0.4) is 0 Å². The van der Waals surface area contributed by atoms with Crippen molar-refractivity contribution < 1.29 is 13.2 Å². The minimum atomic E-state index is -3.52. The molecule has 0 spiro atoms. The summed E-state index contributed by atoms with van der Waals surface area (Å²) in [4.78, 5) is 12.3. The first-order valence-corrected chi connectivity index (χ1v) is 9.89. The van der Waals surface area contributed by atoms with Gasteiger partial charge in [-0.05, 0) is 31.4 Å². The van der Waals surface area contributed by atoms with Gasteiger partial charge in [-0.3, -0.25) is 4.79 Å². The molecule has 2 unspecified atom stereocenters. The maximum atomic E-state index is 12.9. The zero-order valence-electron chi connectivity index (χ0n) is 14.4. The molecule has 24 heavy (non-hydrogen) atoms. The molecule has 6 nitrogen and oxygen atoms in total. The maximum absolute atomic E-state index is 12.9. The summed E-state index contributed by atoms with van der Waals surface area (Å²) in [5.74, 6) is -0.494. The smallest absolute Gasteiger partial charge is 0.243 e. The van der Waals surface area contributed by atoms with E-state index in [0.29, 0.717) is 18.7 Å². The quantitative estimate of drug-likeness (QED) is 0.810. The Kier molecular flexibility index (Phi) is 6.37. The minimum absolute atomic E-state index is 0.171. The number of carbonyl (C=O) groups is 1. The molecule has 1 aromatic rings. The van der Waals surface area contributed by atoms with E-state index < -0.39 is 10.0 Å². The van der Waals surface area contributed by atoms with Gasteiger partial charge in [0.15, 0.2) is 0 Å². The molecule has 1 aliphatic rings. The highest BCUT2D eigenvalue weighted by molar-refractivity contribution is 7.89. The van der Waals surface area contributed by atoms with E-state index in [2.05, 4.69) is 5.32 Å². The first-order valence-electron chi connectivity index (χ1n) is 8.45. The van der Waals surface area contributed by atoms with Crippen molar-refractivity contribution in [2.75, 3.05) is 13.1 Å². The lowest BCUT2D eigenvalue weighted by atomic mass is 10.0. The van der Waals surface area contributed by atoms with Gasteiger partial charge in [0.25, 0.3) is 0 Å². The highest BCUT2D eigenvalue weighted by Gasteiger charge is 2.28. The molecule has 1 saturated heterocycles. The summed E-state index contributed by atoms with van der Waals surface area (Å²) in [6, 6.07) is 6.60. The van der Waals surface area contributed by atoms with Gasteiger partial charge in [0.05, 0.1) is 4.90 Å². The van der Waals surface area contributed by atoms with Crippen molar-refractivity contribution >= 4 is 15.9 Å². The van der Waals surface area contributed by atoms with Crippen molar-refractivity contribution in [2.24, 2.45) is 11.7 Å². The number of rotatable bonds is 6. The number of sulfonamides is 1. The number of nitrogens with zero attached hydrogens (tertiary/aromatic N) is 1. The van der Waals surface area contributed by atoms with Gasteiger partial charge >= 0.3 is 0 Å². The molecule has 1 aliphatic heterocycles. The second kappa shape index (κ2) is 8.09. The average molecular weight is 353 g/mol. The van der Waals surface area contributed by atoms with Crippen LogP contribution in [0.25, 0.3) is 0 Å². The first-order chi connectivity index (χ1) is 11.3. The van der Waals surface area contributed by atoms with E-state index in [9.17, 15) is 13.2 Å². The van der Waals surface area contributed by atoms with E-state index in [1.165, 1.54) is 0 Å². The third-order valence-electron chi connectivity index (χ3n) is 4.56. The van der Waals surface area contributed by atoms with Gasteiger partial charge in [-0.15, -0.1) is 0 Å². The number of hydrogen-bond donors (Lipinski definition) is 2. The van der Waals surface area contributed by atoms with E-state index in [4.69, 9.17) is 5.73 Å². The van der Waals surface area contributed by atoms with E-state index in [-0.39, 0.29) is 29.3 Å². The minimum Gasteiger partial charge on any atom is -0.352 e. The summed E-state index contributed by atoms with van der Waals surface area (Å²) in [5.41, 5.74) is 6.34. The maximum Gasteiger partial charge on any atom is 0.243 e. The van der Waals surface area contributed by atoms with Gasteiger partial charge < -0.3 is 11.1 Å². The molecule has 0 radical (unpaired) electrons. The summed E-state index contributed by atoms with van der Waals surface area (Å²) >= 11 is 0. The SMILES string of the molecule is CC(N)C(C)C(=O)NCc1ccccc1S(=O)(=O)N1CCCCC1. The fourth-order valence-corrected chi connectivity index (χ4v) is 4.47. The molecule has 0 aromatic heterocycles. The van der Waals surface area contributed by atoms with Crippen molar-refractivity contribution in [3.8, 4) is 0 Å². The third-order valence-corrected chi connectivity index (χ3v) is 6.56. The topological polar surface area (TPSA) is 92.5 Å². The van der Waals surface area contributed by atoms with Crippen molar-refractivity contribution in [1.29, 1.82) is 0 Å². The number of nitrogens with one attached hydrogen (secondary N) is 1. The Bertz CT molecular complexity index is 667. The number of amides is 1. The standard InChI is InChI=1S/C17H27N3O3S/c1-13(14(2)18)17(21)19-12-15-8-4-5-9-16(15)24(22,23)20-10-6-3-7-11-20/h4-5,8-9,13-14H,3,6-7,10-12,18H2,1-2H3,(H,19,21). The highest BCUT2D eigenvalue weighted by Crippen LogP contribution is 2.23. The lowest BCUT2D eigenvalue weighted by Crippen LogP contribution is -2.39. The molecule has 7 heteroatoms. The van der Waals surface area contributed by atoms with Crippen LogP contribution in [0, 0.1) is 5.92 Å². The van der Waals surface area contributed by atoms with Crippen molar-refractivity contribution in [3.05, 3.63) is 29.8 Å². The lowest BCUT2D eigenvalue weighted by Gasteiger charge is -2.27. The van der Waals surface area contributed by atoms with Crippen LogP contribution in [0.5, 0.6) is 0 Å². The molecule has 3 N–H and O–H groups in total. The van der Waals surface area contributed by atoms with Gasteiger partial charge in [0, 0.05) is 31.6 Å². The largest absolute Gasteiger partial charge is 0.352 e. The van der Waals surface area contributed by atoms with E-state index in [1.54, 1.807) is 42.4 Å². The summed E-state index contributed by atoms with van der Waals surface area (Å²) in [6.45, 7) is 4.84. The molecule has 1 aromatic carbocycles. The summed E-state index contributed by atoms with van der Waals surface area (Å²) in [7, 11) is -3.52. The molecular formula is C17H27N3O3S. The number of hydrogen-bond acceptors (Lipinski definition) is 4. The van der Waals surface area contributed by atoms with Gasteiger partial charge in [-0.1, -0.05) is 31.5 Å². The van der Waals surface area contributed by atoms with Gasteiger partial charge in [-0.25, -0.2) is 8.42 Å². The van der Waals surface area contributed by atoms with Crippen LogP contribution in [0.4, 0.5) is 0 Å². The van der Waals surface area contributed by atoms with Crippen LogP contribution in [-0.4, -0.2) is 37.8 Å². The fraction of sp³-hybridized carbons (Fsp3) is 0.588. The lowest BCUT2D eigenvalue weighted by molar-refractivity contribution is -0.125. The average Bonchev–Trinajstić information content (AvgIpc) is 2.59. The number of benzene rings is 1. The first kappa shape index (κ1) is 18.9. The Morgan fingerprint density at radius 3 is 2.46 bits per heavy atom. The zero-order valence-corrected chi connectivity index (χ0v) is 15.2. The van der Waals surface area contributed by atoms with Crippen LogP contribution in [0.1, 0.15) is 38.7 Å². The monoisotopic (exact) mass is 353 g/mol. The molecule has 1 fully saturated rings. The Morgan fingerprint density at radius 1 is 1.21 bits per heavy atom. The summed E-state index contributed by atoms with van der Waals surface area (Å²) in [6.07, 6.45) is 2.85. The number of nitrogens with two attached hydrogens (primary N) is 1. The third kappa shape index (κ3) is 4.34. The fourth-order valence-electron chi connectivity index (χ4n) is 2.73. The number of piperidine rings is 1. The Balaban J connectivity index is 2.16. The molecule has 134 valence electrons. The van der Waals surface area contributed by atoms with Gasteiger partial charge in [0.1, 0.15) is 0 Å².